The van der Waals surface area contributed by atoms with E-state index in [-0.39, 0.29) is 0 Å². The molecule has 0 saturated carbocycles. The third-order valence-electron chi connectivity index (χ3n) is 2.25. The molecular formula is C9H19N3. The summed E-state index contributed by atoms with van der Waals surface area (Å²) in [5.74, 6) is 0. The van der Waals surface area contributed by atoms with Crippen molar-refractivity contribution in [3.8, 4) is 0 Å². The molecule has 0 aliphatic carbocycles. The molecule has 0 amide bonds. The van der Waals surface area contributed by atoms with E-state index in [1.165, 1.54) is 6.42 Å². The van der Waals surface area contributed by atoms with Crippen molar-refractivity contribution in [2.45, 2.75) is 39.8 Å². The molecule has 1 rings (SSSR count). The monoisotopic (exact) mass is 169 g/mol. The summed E-state index contributed by atoms with van der Waals surface area (Å²) in [5.41, 5.74) is 0. The lowest BCUT2D eigenvalue weighted by atomic mass is 10.3. The average molecular weight is 169 g/mol. The van der Waals surface area contributed by atoms with E-state index in [9.17, 15) is 0 Å². The van der Waals surface area contributed by atoms with Crippen LogP contribution in [0.4, 0.5) is 0 Å². The molecule has 0 aromatic carbocycles. The lowest BCUT2D eigenvalue weighted by molar-refractivity contribution is 0.133. The maximum Gasteiger partial charge on any atom is 0.118 e. The molecule has 3 nitrogen and oxygen atoms in total. The third-order valence-corrected chi connectivity index (χ3v) is 2.25. The van der Waals surface area contributed by atoms with Gasteiger partial charge in [-0.15, -0.1) is 0 Å². The molecule has 1 unspecified atom stereocenters. The van der Waals surface area contributed by atoms with Gasteiger partial charge < -0.3 is 4.90 Å². The Morgan fingerprint density at radius 1 is 1.33 bits per heavy atom. The molecule has 0 aromatic heterocycles. The van der Waals surface area contributed by atoms with E-state index in [1.807, 2.05) is 6.34 Å². The Kier molecular flexibility index (Phi) is 3.38. The first-order chi connectivity index (χ1) is 5.83. The van der Waals surface area contributed by atoms with Crippen molar-refractivity contribution in [1.82, 2.24) is 9.91 Å². The van der Waals surface area contributed by atoms with Crippen molar-refractivity contribution in [2.75, 3.05) is 13.1 Å². The van der Waals surface area contributed by atoms with E-state index in [0.29, 0.717) is 6.17 Å². The van der Waals surface area contributed by atoms with Gasteiger partial charge in [-0.2, -0.15) is 5.10 Å². The predicted molar refractivity (Wildman–Crippen MR) is 51.9 cm³/mol. The second kappa shape index (κ2) is 4.33. The highest BCUT2D eigenvalue weighted by atomic mass is 15.6. The minimum Gasteiger partial charge on any atom is -0.339 e. The number of nitrogens with zero attached hydrogens (tertiary/aromatic N) is 3. The molecule has 0 aromatic rings. The van der Waals surface area contributed by atoms with E-state index in [0.717, 1.165) is 19.5 Å². The first-order valence-corrected chi connectivity index (χ1v) is 4.89. The van der Waals surface area contributed by atoms with Crippen molar-refractivity contribution in [3.63, 3.8) is 0 Å². The highest BCUT2D eigenvalue weighted by Gasteiger charge is 2.23. The smallest absolute Gasteiger partial charge is 0.118 e. The van der Waals surface area contributed by atoms with Gasteiger partial charge in [0.2, 0.25) is 0 Å². The lowest BCUT2D eigenvalue weighted by Gasteiger charge is -2.28. The Morgan fingerprint density at radius 3 is 2.58 bits per heavy atom. The Bertz CT molecular complexity index is 156. The molecule has 0 N–H and O–H groups in total. The van der Waals surface area contributed by atoms with Crippen molar-refractivity contribution in [1.29, 1.82) is 0 Å². The van der Waals surface area contributed by atoms with Crippen LogP contribution in [-0.4, -0.2) is 35.5 Å². The second-order valence-electron chi connectivity index (χ2n) is 3.11. The fourth-order valence-electron chi connectivity index (χ4n) is 1.66. The predicted octanol–water partition coefficient (Wildman–Crippen LogP) is 1.71. The van der Waals surface area contributed by atoms with E-state index >= 15 is 0 Å². The van der Waals surface area contributed by atoms with Crippen LogP contribution in [0.3, 0.4) is 0 Å². The molecule has 1 aliphatic heterocycles. The molecule has 12 heavy (non-hydrogen) atoms. The quantitative estimate of drug-likeness (QED) is 0.638. The molecule has 1 aliphatic rings. The minimum atomic E-state index is 0.509. The third kappa shape index (κ3) is 1.71. The SMILES string of the molecule is CCCN1C=NN(CC)C1CC. The van der Waals surface area contributed by atoms with Gasteiger partial charge in [0.1, 0.15) is 12.5 Å². The van der Waals surface area contributed by atoms with Crippen LogP contribution in [0.2, 0.25) is 0 Å². The summed E-state index contributed by atoms with van der Waals surface area (Å²) in [5, 5.41) is 6.49. The van der Waals surface area contributed by atoms with Crippen LogP contribution in [-0.2, 0) is 0 Å². The number of rotatable bonds is 4. The highest BCUT2D eigenvalue weighted by molar-refractivity contribution is 5.56. The van der Waals surface area contributed by atoms with E-state index in [1.54, 1.807) is 0 Å². The van der Waals surface area contributed by atoms with Crippen LogP contribution >= 0.6 is 0 Å². The van der Waals surface area contributed by atoms with Crippen molar-refractivity contribution in [2.24, 2.45) is 5.10 Å². The number of hydrazone groups is 1. The summed E-state index contributed by atoms with van der Waals surface area (Å²) in [6.45, 7) is 8.70. The summed E-state index contributed by atoms with van der Waals surface area (Å²) < 4.78 is 0. The number of hydrogen-bond acceptors (Lipinski definition) is 3. The molecule has 0 spiro atoms. The van der Waals surface area contributed by atoms with E-state index in [4.69, 9.17) is 0 Å². The van der Waals surface area contributed by atoms with Gasteiger partial charge in [0.15, 0.2) is 0 Å². The summed E-state index contributed by atoms with van der Waals surface area (Å²) in [7, 11) is 0. The molecule has 1 heterocycles. The average Bonchev–Trinajstić information content (AvgIpc) is 2.47. The van der Waals surface area contributed by atoms with Gasteiger partial charge in [0, 0.05) is 13.1 Å². The van der Waals surface area contributed by atoms with Crippen LogP contribution < -0.4 is 0 Å². The van der Waals surface area contributed by atoms with Crippen LogP contribution in [0.5, 0.6) is 0 Å². The standard InChI is InChI=1S/C9H19N3/c1-4-7-11-8-10-12(6-3)9(11)5-2/h8-9H,4-7H2,1-3H3. The zero-order valence-corrected chi connectivity index (χ0v) is 8.32. The number of hydrogen-bond donors (Lipinski definition) is 0. The Labute approximate surface area is 75.0 Å². The fraction of sp³-hybridized carbons (Fsp3) is 0.889. The summed E-state index contributed by atoms with van der Waals surface area (Å²) in [6.07, 6.45) is 4.82. The van der Waals surface area contributed by atoms with Crippen molar-refractivity contribution >= 4 is 6.34 Å². The van der Waals surface area contributed by atoms with Gasteiger partial charge in [-0.1, -0.05) is 13.8 Å². The summed E-state index contributed by atoms with van der Waals surface area (Å²) in [4.78, 5) is 2.32. The largest absolute Gasteiger partial charge is 0.339 e. The van der Waals surface area contributed by atoms with Gasteiger partial charge >= 0.3 is 0 Å². The highest BCUT2D eigenvalue weighted by Crippen LogP contribution is 2.14. The molecule has 0 fully saturated rings. The normalized spacial score (nSPS) is 22.4. The summed E-state index contributed by atoms with van der Waals surface area (Å²) >= 11 is 0. The molecule has 70 valence electrons. The zero-order chi connectivity index (χ0) is 8.97. The van der Waals surface area contributed by atoms with Crippen LogP contribution in [0.15, 0.2) is 5.10 Å². The van der Waals surface area contributed by atoms with Gasteiger partial charge in [0.25, 0.3) is 0 Å². The molecule has 3 heteroatoms. The van der Waals surface area contributed by atoms with E-state index in [2.05, 4.69) is 35.8 Å². The zero-order valence-electron chi connectivity index (χ0n) is 8.32. The van der Waals surface area contributed by atoms with E-state index < -0.39 is 0 Å². The molecule has 0 saturated heterocycles. The maximum atomic E-state index is 4.34. The van der Waals surface area contributed by atoms with Gasteiger partial charge in [-0.25, -0.2) is 0 Å². The van der Waals surface area contributed by atoms with Crippen LogP contribution in [0.25, 0.3) is 0 Å². The van der Waals surface area contributed by atoms with Crippen LogP contribution in [0.1, 0.15) is 33.6 Å². The van der Waals surface area contributed by atoms with Gasteiger partial charge in [-0.3, -0.25) is 5.01 Å². The minimum absolute atomic E-state index is 0.509. The Hall–Kier alpha value is -0.730. The fourth-order valence-corrected chi connectivity index (χ4v) is 1.66. The molecular weight excluding hydrogens is 150 g/mol. The summed E-state index contributed by atoms with van der Waals surface area (Å²) in [6, 6.07) is 0. The first kappa shape index (κ1) is 9.36. The molecule has 0 radical (unpaired) electrons. The second-order valence-corrected chi connectivity index (χ2v) is 3.11. The Balaban J connectivity index is 2.50. The lowest BCUT2D eigenvalue weighted by Crippen LogP contribution is -2.39. The van der Waals surface area contributed by atoms with Crippen molar-refractivity contribution in [3.05, 3.63) is 0 Å². The first-order valence-electron chi connectivity index (χ1n) is 4.89. The molecule has 0 bridgehead atoms. The van der Waals surface area contributed by atoms with Crippen LogP contribution in [0, 0.1) is 0 Å². The van der Waals surface area contributed by atoms with Crippen molar-refractivity contribution < 1.29 is 0 Å². The molecule has 1 atom stereocenters. The topological polar surface area (TPSA) is 18.8 Å². The maximum absolute atomic E-state index is 4.34. The van der Waals surface area contributed by atoms with Gasteiger partial charge in [-0.05, 0) is 19.8 Å². The Morgan fingerprint density at radius 2 is 2.08 bits per heavy atom. The van der Waals surface area contributed by atoms with Gasteiger partial charge in [0.05, 0.1) is 0 Å².